The van der Waals surface area contributed by atoms with Crippen LogP contribution in [0.4, 0.5) is 5.69 Å². The topological polar surface area (TPSA) is 29.3 Å². The van der Waals surface area contributed by atoms with Crippen LogP contribution in [0.3, 0.4) is 0 Å². The van der Waals surface area contributed by atoms with E-state index in [9.17, 15) is 0 Å². The molecule has 0 heterocycles. The van der Waals surface area contributed by atoms with Crippen LogP contribution in [-0.2, 0) is 0 Å². The summed E-state index contributed by atoms with van der Waals surface area (Å²) in [7, 11) is 0. The average Bonchev–Trinajstić information content (AvgIpc) is 2.49. The van der Waals surface area contributed by atoms with E-state index >= 15 is 0 Å². The summed E-state index contributed by atoms with van der Waals surface area (Å²) in [5.74, 6) is 0. The van der Waals surface area contributed by atoms with Gasteiger partial charge in [0.05, 0.1) is 16.1 Å². The Balaban J connectivity index is 2.42. The van der Waals surface area contributed by atoms with Gasteiger partial charge < -0.3 is 10.6 Å². The maximum absolute atomic E-state index is 6.37. The van der Waals surface area contributed by atoms with Crippen molar-refractivity contribution in [3.63, 3.8) is 0 Å². The van der Waals surface area contributed by atoms with Gasteiger partial charge in [-0.05, 0) is 37.6 Å². The molecule has 112 valence electrons. The first-order valence-electron chi connectivity index (χ1n) is 7.05. The van der Waals surface area contributed by atoms with Crippen LogP contribution in [0.1, 0.15) is 24.1 Å². The van der Waals surface area contributed by atoms with Gasteiger partial charge >= 0.3 is 0 Å². The number of benzene rings is 2. The molecule has 0 saturated heterocycles. The van der Waals surface area contributed by atoms with Crippen LogP contribution >= 0.6 is 23.2 Å². The molecular formula is C17H20Cl2N2. The summed E-state index contributed by atoms with van der Waals surface area (Å²) in [4.78, 5) is 2.25. The zero-order chi connectivity index (χ0) is 15.4. The van der Waals surface area contributed by atoms with Crippen molar-refractivity contribution in [3.8, 4) is 0 Å². The number of rotatable bonds is 5. The maximum atomic E-state index is 6.37. The third kappa shape index (κ3) is 3.52. The molecule has 2 nitrogen and oxygen atoms in total. The summed E-state index contributed by atoms with van der Waals surface area (Å²) in [5.41, 5.74) is 9.36. The molecule has 4 heteroatoms. The Morgan fingerprint density at radius 2 is 1.76 bits per heavy atom. The van der Waals surface area contributed by atoms with Gasteiger partial charge in [0, 0.05) is 18.8 Å². The highest BCUT2D eigenvalue weighted by molar-refractivity contribution is 6.42. The molecular weight excluding hydrogens is 303 g/mol. The highest BCUT2D eigenvalue weighted by atomic mass is 35.5. The van der Waals surface area contributed by atoms with E-state index in [4.69, 9.17) is 28.9 Å². The largest absolute Gasteiger partial charge is 0.363 e. The van der Waals surface area contributed by atoms with Crippen LogP contribution in [0.2, 0.25) is 10.0 Å². The SMILES string of the molecule is CCN(c1ccc(C)cc1)C(CN)c1cccc(Cl)c1Cl. The molecule has 0 spiro atoms. The van der Waals surface area contributed by atoms with Gasteiger partial charge in [0.15, 0.2) is 0 Å². The molecule has 0 saturated carbocycles. The van der Waals surface area contributed by atoms with Crippen molar-refractivity contribution >= 4 is 28.9 Å². The third-order valence-electron chi connectivity index (χ3n) is 3.65. The number of hydrogen-bond donors (Lipinski definition) is 1. The Kier molecular flexibility index (Phi) is 5.51. The van der Waals surface area contributed by atoms with Gasteiger partial charge in [-0.3, -0.25) is 0 Å². The van der Waals surface area contributed by atoms with Crippen molar-refractivity contribution in [1.82, 2.24) is 0 Å². The third-order valence-corrected chi connectivity index (χ3v) is 4.48. The van der Waals surface area contributed by atoms with E-state index in [0.717, 1.165) is 17.8 Å². The zero-order valence-corrected chi connectivity index (χ0v) is 13.8. The van der Waals surface area contributed by atoms with Crippen molar-refractivity contribution in [3.05, 3.63) is 63.6 Å². The van der Waals surface area contributed by atoms with Crippen LogP contribution in [-0.4, -0.2) is 13.1 Å². The Morgan fingerprint density at radius 1 is 1.10 bits per heavy atom. The van der Waals surface area contributed by atoms with E-state index in [1.165, 1.54) is 5.56 Å². The Morgan fingerprint density at radius 3 is 2.33 bits per heavy atom. The first-order chi connectivity index (χ1) is 10.1. The maximum Gasteiger partial charge on any atom is 0.0679 e. The monoisotopic (exact) mass is 322 g/mol. The number of aryl methyl sites for hydroxylation is 1. The lowest BCUT2D eigenvalue weighted by molar-refractivity contribution is 0.643. The second-order valence-electron chi connectivity index (χ2n) is 5.02. The Hall–Kier alpha value is -1.22. The fraction of sp³-hybridized carbons (Fsp3) is 0.294. The normalized spacial score (nSPS) is 12.2. The predicted octanol–water partition coefficient (Wildman–Crippen LogP) is 4.83. The molecule has 0 radical (unpaired) electrons. The number of nitrogens with two attached hydrogens (primary N) is 1. The quantitative estimate of drug-likeness (QED) is 0.854. The molecule has 0 aliphatic carbocycles. The van der Waals surface area contributed by atoms with Crippen molar-refractivity contribution in [2.75, 3.05) is 18.0 Å². The molecule has 2 aromatic rings. The molecule has 1 atom stereocenters. The van der Waals surface area contributed by atoms with Gasteiger partial charge in [-0.2, -0.15) is 0 Å². The fourth-order valence-electron chi connectivity index (χ4n) is 2.52. The number of likely N-dealkylation sites (N-methyl/N-ethyl adjacent to an activating group) is 1. The zero-order valence-electron chi connectivity index (χ0n) is 12.3. The number of hydrogen-bond acceptors (Lipinski definition) is 2. The van der Waals surface area contributed by atoms with Crippen LogP contribution in [0.25, 0.3) is 0 Å². The van der Waals surface area contributed by atoms with Crippen LogP contribution < -0.4 is 10.6 Å². The molecule has 0 fully saturated rings. The van der Waals surface area contributed by atoms with Crippen molar-refractivity contribution in [2.45, 2.75) is 19.9 Å². The molecule has 2 N–H and O–H groups in total. The predicted molar refractivity (Wildman–Crippen MR) is 92.5 cm³/mol. The first kappa shape index (κ1) is 16.2. The minimum absolute atomic E-state index is 0.00362. The lowest BCUT2D eigenvalue weighted by Gasteiger charge is -2.33. The summed E-state index contributed by atoms with van der Waals surface area (Å²) >= 11 is 12.5. The smallest absolute Gasteiger partial charge is 0.0679 e. The van der Waals surface area contributed by atoms with E-state index in [1.807, 2.05) is 12.1 Å². The van der Waals surface area contributed by atoms with Gasteiger partial charge in [-0.15, -0.1) is 0 Å². The second-order valence-corrected chi connectivity index (χ2v) is 5.80. The van der Waals surface area contributed by atoms with E-state index in [2.05, 4.69) is 43.0 Å². The number of nitrogens with zero attached hydrogens (tertiary/aromatic N) is 1. The lowest BCUT2D eigenvalue weighted by atomic mass is 10.0. The van der Waals surface area contributed by atoms with E-state index in [1.54, 1.807) is 6.07 Å². The lowest BCUT2D eigenvalue weighted by Crippen LogP contribution is -2.34. The van der Waals surface area contributed by atoms with E-state index in [0.29, 0.717) is 16.6 Å². The van der Waals surface area contributed by atoms with Gasteiger partial charge in [-0.25, -0.2) is 0 Å². The first-order valence-corrected chi connectivity index (χ1v) is 7.81. The summed E-state index contributed by atoms with van der Waals surface area (Å²) in [5, 5.41) is 1.15. The standard InChI is InChI=1S/C17H20Cl2N2/c1-3-21(13-9-7-12(2)8-10-13)16(11-20)14-5-4-6-15(18)17(14)19/h4-10,16H,3,11,20H2,1-2H3. The number of halogens is 2. The summed E-state index contributed by atoms with van der Waals surface area (Å²) in [6.07, 6.45) is 0. The van der Waals surface area contributed by atoms with E-state index in [-0.39, 0.29) is 6.04 Å². The Labute approximate surface area is 136 Å². The highest BCUT2D eigenvalue weighted by Crippen LogP contribution is 2.34. The molecule has 2 aromatic carbocycles. The van der Waals surface area contributed by atoms with Gasteiger partial charge in [0.25, 0.3) is 0 Å². The molecule has 0 aromatic heterocycles. The molecule has 21 heavy (non-hydrogen) atoms. The minimum atomic E-state index is 0.00362. The second kappa shape index (κ2) is 7.17. The van der Waals surface area contributed by atoms with E-state index < -0.39 is 0 Å². The van der Waals surface area contributed by atoms with Crippen LogP contribution in [0, 0.1) is 6.92 Å². The van der Waals surface area contributed by atoms with Crippen molar-refractivity contribution in [2.24, 2.45) is 5.73 Å². The molecule has 0 aliphatic rings. The molecule has 2 rings (SSSR count). The number of anilines is 1. The van der Waals surface area contributed by atoms with Crippen molar-refractivity contribution in [1.29, 1.82) is 0 Å². The summed E-state index contributed by atoms with van der Waals surface area (Å²) in [6.45, 7) is 5.50. The molecule has 1 unspecified atom stereocenters. The summed E-state index contributed by atoms with van der Waals surface area (Å²) < 4.78 is 0. The van der Waals surface area contributed by atoms with Gasteiger partial charge in [0.2, 0.25) is 0 Å². The summed E-state index contributed by atoms with van der Waals surface area (Å²) in [6, 6.07) is 14.1. The van der Waals surface area contributed by atoms with Gasteiger partial charge in [-0.1, -0.05) is 53.0 Å². The van der Waals surface area contributed by atoms with Crippen LogP contribution in [0.15, 0.2) is 42.5 Å². The Bertz CT molecular complexity index is 596. The highest BCUT2D eigenvalue weighted by Gasteiger charge is 2.21. The molecule has 0 aliphatic heterocycles. The van der Waals surface area contributed by atoms with Crippen molar-refractivity contribution < 1.29 is 0 Å². The molecule has 0 bridgehead atoms. The average molecular weight is 323 g/mol. The van der Waals surface area contributed by atoms with Crippen LogP contribution in [0.5, 0.6) is 0 Å². The molecule has 0 amide bonds. The van der Waals surface area contributed by atoms with Gasteiger partial charge in [0.1, 0.15) is 0 Å². The fourth-order valence-corrected chi connectivity index (χ4v) is 2.95. The minimum Gasteiger partial charge on any atom is -0.363 e.